The summed E-state index contributed by atoms with van der Waals surface area (Å²) in [6.07, 6.45) is 6.21. The van der Waals surface area contributed by atoms with E-state index in [2.05, 4.69) is 15.3 Å². The maximum Gasteiger partial charge on any atom is 0.272 e. The maximum absolute atomic E-state index is 12.3. The van der Waals surface area contributed by atoms with Crippen molar-refractivity contribution < 1.29 is 9.59 Å². The first-order valence-corrected chi connectivity index (χ1v) is 7.65. The highest BCUT2D eigenvalue weighted by Crippen LogP contribution is 2.20. The Labute approximate surface area is 134 Å². The third-order valence-corrected chi connectivity index (χ3v) is 3.97. The fraction of sp³-hybridized carbons (Fsp3) is 0.294. The van der Waals surface area contributed by atoms with Crippen LogP contribution in [0.25, 0.3) is 0 Å². The minimum Gasteiger partial charge on any atom is -0.337 e. The number of hydrogen-bond donors (Lipinski definition) is 1. The van der Waals surface area contributed by atoms with Crippen molar-refractivity contribution in [2.45, 2.75) is 12.8 Å². The summed E-state index contributed by atoms with van der Waals surface area (Å²) in [6, 6.07) is 8.89. The molecule has 0 unspecified atom stereocenters. The van der Waals surface area contributed by atoms with E-state index in [4.69, 9.17) is 0 Å². The van der Waals surface area contributed by atoms with Crippen LogP contribution < -0.4 is 5.32 Å². The SMILES string of the molecule is O=C(Nc1cccnc1)C1CCN(C(=O)c2ccccn2)CC1. The van der Waals surface area contributed by atoms with E-state index in [9.17, 15) is 9.59 Å². The van der Waals surface area contributed by atoms with Gasteiger partial charge < -0.3 is 10.2 Å². The molecule has 2 amide bonds. The second-order valence-electron chi connectivity index (χ2n) is 5.51. The van der Waals surface area contributed by atoms with Crippen molar-refractivity contribution >= 4 is 17.5 Å². The molecule has 6 heteroatoms. The summed E-state index contributed by atoms with van der Waals surface area (Å²) < 4.78 is 0. The van der Waals surface area contributed by atoms with Gasteiger partial charge in [-0.2, -0.15) is 0 Å². The molecule has 0 aromatic carbocycles. The maximum atomic E-state index is 12.3. The molecule has 6 nitrogen and oxygen atoms in total. The first kappa shape index (κ1) is 15.1. The van der Waals surface area contributed by atoms with Crippen LogP contribution in [0, 0.1) is 5.92 Å². The Morgan fingerprint density at radius 3 is 2.57 bits per heavy atom. The summed E-state index contributed by atoms with van der Waals surface area (Å²) >= 11 is 0. The van der Waals surface area contributed by atoms with Gasteiger partial charge in [-0.15, -0.1) is 0 Å². The molecule has 0 bridgehead atoms. The van der Waals surface area contributed by atoms with Gasteiger partial charge in [0.15, 0.2) is 0 Å². The molecule has 1 aliphatic rings. The third kappa shape index (κ3) is 3.71. The molecule has 1 N–H and O–H groups in total. The number of carbonyl (C=O) groups excluding carboxylic acids is 2. The number of nitrogens with zero attached hydrogens (tertiary/aromatic N) is 3. The van der Waals surface area contributed by atoms with Crippen LogP contribution in [0.15, 0.2) is 48.9 Å². The molecule has 23 heavy (non-hydrogen) atoms. The van der Waals surface area contributed by atoms with Crippen LogP contribution in [-0.4, -0.2) is 39.8 Å². The monoisotopic (exact) mass is 310 g/mol. The van der Waals surface area contributed by atoms with Crippen molar-refractivity contribution in [3.63, 3.8) is 0 Å². The highest BCUT2D eigenvalue weighted by Gasteiger charge is 2.28. The first-order valence-electron chi connectivity index (χ1n) is 7.65. The molecular weight excluding hydrogens is 292 g/mol. The van der Waals surface area contributed by atoms with Crippen LogP contribution in [-0.2, 0) is 4.79 Å². The quantitative estimate of drug-likeness (QED) is 0.940. The number of anilines is 1. The van der Waals surface area contributed by atoms with E-state index in [0.29, 0.717) is 37.3 Å². The molecule has 0 aliphatic carbocycles. The van der Waals surface area contributed by atoms with Gasteiger partial charge in [-0.05, 0) is 37.1 Å². The van der Waals surface area contributed by atoms with Crippen LogP contribution in [0.5, 0.6) is 0 Å². The average molecular weight is 310 g/mol. The summed E-state index contributed by atoms with van der Waals surface area (Å²) in [4.78, 5) is 34.4. The van der Waals surface area contributed by atoms with Crippen LogP contribution in [0.1, 0.15) is 23.3 Å². The number of nitrogens with one attached hydrogen (secondary N) is 1. The molecule has 3 heterocycles. The number of amides is 2. The number of rotatable bonds is 3. The van der Waals surface area contributed by atoms with Gasteiger partial charge in [0, 0.05) is 31.4 Å². The second-order valence-corrected chi connectivity index (χ2v) is 5.51. The van der Waals surface area contributed by atoms with Gasteiger partial charge >= 0.3 is 0 Å². The summed E-state index contributed by atoms with van der Waals surface area (Å²) in [6.45, 7) is 1.14. The standard InChI is InChI=1S/C17H18N4O2/c22-16(20-14-4-3-8-18-12-14)13-6-10-21(11-7-13)17(23)15-5-1-2-9-19-15/h1-5,8-9,12-13H,6-7,10-11H2,(H,20,22). The minimum atomic E-state index is -0.0806. The van der Waals surface area contributed by atoms with Gasteiger partial charge in [0.25, 0.3) is 5.91 Å². The van der Waals surface area contributed by atoms with E-state index in [0.717, 1.165) is 0 Å². The zero-order valence-corrected chi connectivity index (χ0v) is 12.7. The van der Waals surface area contributed by atoms with Crippen molar-refractivity contribution in [3.8, 4) is 0 Å². The van der Waals surface area contributed by atoms with Crippen molar-refractivity contribution in [1.29, 1.82) is 0 Å². The molecule has 118 valence electrons. The zero-order chi connectivity index (χ0) is 16.1. The number of pyridine rings is 2. The Hall–Kier alpha value is -2.76. The van der Waals surface area contributed by atoms with Crippen molar-refractivity contribution in [2.75, 3.05) is 18.4 Å². The lowest BCUT2D eigenvalue weighted by Gasteiger charge is -2.31. The molecule has 3 rings (SSSR count). The fourth-order valence-corrected chi connectivity index (χ4v) is 2.68. The molecule has 2 aromatic heterocycles. The lowest BCUT2D eigenvalue weighted by Crippen LogP contribution is -2.41. The number of carbonyl (C=O) groups is 2. The molecule has 1 aliphatic heterocycles. The minimum absolute atomic E-state index is 0.0112. The molecule has 1 saturated heterocycles. The number of aromatic nitrogens is 2. The Morgan fingerprint density at radius 2 is 1.91 bits per heavy atom. The molecule has 2 aromatic rings. The van der Waals surface area contributed by atoms with Crippen LogP contribution >= 0.6 is 0 Å². The second kappa shape index (κ2) is 7.00. The Kier molecular flexibility index (Phi) is 4.61. The lowest BCUT2D eigenvalue weighted by atomic mass is 9.95. The molecule has 0 spiro atoms. The van der Waals surface area contributed by atoms with Crippen LogP contribution in [0.3, 0.4) is 0 Å². The summed E-state index contributed by atoms with van der Waals surface area (Å²) in [5, 5.41) is 2.87. The van der Waals surface area contributed by atoms with Crippen molar-refractivity contribution in [2.24, 2.45) is 5.92 Å². The van der Waals surface area contributed by atoms with Gasteiger partial charge in [-0.3, -0.25) is 19.6 Å². The van der Waals surface area contributed by atoms with Crippen LogP contribution in [0.2, 0.25) is 0 Å². The van der Waals surface area contributed by atoms with Gasteiger partial charge in [-0.1, -0.05) is 6.07 Å². The van der Waals surface area contributed by atoms with E-state index < -0.39 is 0 Å². The number of hydrogen-bond acceptors (Lipinski definition) is 4. The third-order valence-electron chi connectivity index (χ3n) is 3.97. The molecular formula is C17H18N4O2. The predicted octanol–water partition coefficient (Wildman–Crippen LogP) is 1.97. The highest BCUT2D eigenvalue weighted by atomic mass is 16.2. The summed E-state index contributed by atoms with van der Waals surface area (Å²) in [5.74, 6) is -0.164. The van der Waals surface area contributed by atoms with Crippen molar-refractivity contribution in [1.82, 2.24) is 14.9 Å². The highest BCUT2D eigenvalue weighted by molar-refractivity contribution is 5.94. The number of piperidine rings is 1. The van der Waals surface area contributed by atoms with Crippen molar-refractivity contribution in [3.05, 3.63) is 54.6 Å². The summed E-state index contributed by atoms with van der Waals surface area (Å²) in [5.41, 5.74) is 1.15. The number of likely N-dealkylation sites (tertiary alicyclic amines) is 1. The van der Waals surface area contributed by atoms with Gasteiger partial charge in [0.2, 0.25) is 5.91 Å². The lowest BCUT2D eigenvalue weighted by molar-refractivity contribution is -0.121. The van der Waals surface area contributed by atoms with E-state index in [-0.39, 0.29) is 17.7 Å². The van der Waals surface area contributed by atoms with E-state index in [1.54, 1.807) is 47.8 Å². The van der Waals surface area contributed by atoms with Gasteiger partial charge in [0.1, 0.15) is 5.69 Å². The molecule has 0 radical (unpaired) electrons. The van der Waals surface area contributed by atoms with E-state index >= 15 is 0 Å². The molecule has 0 atom stereocenters. The first-order chi connectivity index (χ1) is 11.2. The Bertz CT molecular complexity index is 668. The molecule has 0 saturated carbocycles. The smallest absolute Gasteiger partial charge is 0.272 e. The molecule has 1 fully saturated rings. The largest absolute Gasteiger partial charge is 0.337 e. The predicted molar refractivity (Wildman–Crippen MR) is 85.7 cm³/mol. The Morgan fingerprint density at radius 1 is 1.09 bits per heavy atom. The summed E-state index contributed by atoms with van der Waals surface area (Å²) in [7, 11) is 0. The van der Waals surface area contributed by atoms with Gasteiger partial charge in [-0.25, -0.2) is 0 Å². The normalized spacial score (nSPS) is 15.2. The van der Waals surface area contributed by atoms with Gasteiger partial charge in [0.05, 0.1) is 11.9 Å². The topological polar surface area (TPSA) is 75.2 Å². The van der Waals surface area contributed by atoms with E-state index in [1.807, 2.05) is 6.07 Å². The Balaban J connectivity index is 1.54. The average Bonchev–Trinajstić information content (AvgIpc) is 2.63. The fourth-order valence-electron chi connectivity index (χ4n) is 2.68. The zero-order valence-electron chi connectivity index (χ0n) is 12.7. The van der Waals surface area contributed by atoms with Crippen LogP contribution in [0.4, 0.5) is 5.69 Å². The van der Waals surface area contributed by atoms with E-state index in [1.165, 1.54) is 0 Å².